The lowest BCUT2D eigenvalue weighted by Gasteiger charge is -2.18. The third kappa shape index (κ3) is 4.41. The minimum absolute atomic E-state index is 0.913. The maximum absolute atomic E-state index is 6.21. The molecule has 1 aromatic heterocycles. The van der Waals surface area contributed by atoms with Gasteiger partial charge < -0.3 is 4.42 Å². The summed E-state index contributed by atoms with van der Waals surface area (Å²) in [7, 11) is 0. The third-order valence-corrected chi connectivity index (χ3v) is 11.8. The predicted octanol–water partition coefficient (Wildman–Crippen LogP) is 15.4. The molecule has 1 nitrogen and oxygen atoms in total. The monoisotopic (exact) mass is 696 g/mol. The summed E-state index contributed by atoms with van der Waals surface area (Å²) < 4.78 is 6.21. The van der Waals surface area contributed by atoms with Gasteiger partial charge in [-0.3, -0.25) is 0 Å². The summed E-state index contributed by atoms with van der Waals surface area (Å²) in [6.07, 6.45) is 0. The minimum atomic E-state index is 0.913. The van der Waals surface area contributed by atoms with Crippen LogP contribution in [0.25, 0.3) is 121 Å². The molecule has 0 radical (unpaired) electrons. The Hall–Kier alpha value is -7.22. The highest BCUT2D eigenvalue weighted by atomic mass is 16.3. The summed E-state index contributed by atoms with van der Waals surface area (Å²) in [5.41, 5.74) is 17.0. The molecule has 0 saturated heterocycles. The summed E-state index contributed by atoms with van der Waals surface area (Å²) in [5.74, 6) is 0. The second-order valence-corrected chi connectivity index (χ2v) is 14.7. The van der Waals surface area contributed by atoms with E-state index in [0.29, 0.717) is 0 Å². The summed E-state index contributed by atoms with van der Waals surface area (Å²) in [6.45, 7) is 0. The summed E-state index contributed by atoms with van der Waals surface area (Å²) >= 11 is 0. The van der Waals surface area contributed by atoms with Gasteiger partial charge in [0.2, 0.25) is 0 Å². The Labute approximate surface area is 318 Å². The van der Waals surface area contributed by atoms with E-state index in [-0.39, 0.29) is 0 Å². The Bertz CT molecular complexity index is 3270. The minimum Gasteiger partial charge on any atom is -0.456 e. The molecule has 0 spiro atoms. The van der Waals surface area contributed by atoms with Crippen molar-refractivity contribution in [2.75, 3.05) is 0 Å². The highest BCUT2D eigenvalue weighted by molar-refractivity contribution is 6.23. The zero-order valence-electron chi connectivity index (χ0n) is 29.9. The molecule has 1 aliphatic carbocycles. The van der Waals surface area contributed by atoms with E-state index in [1.165, 1.54) is 99.1 Å². The van der Waals surface area contributed by atoms with Gasteiger partial charge in [0, 0.05) is 10.8 Å². The molecule has 10 aromatic carbocycles. The third-order valence-electron chi connectivity index (χ3n) is 11.8. The number of hydrogen-bond donors (Lipinski definition) is 0. The first-order valence-corrected chi connectivity index (χ1v) is 19.0. The average Bonchev–Trinajstić information content (AvgIpc) is 3.79. The van der Waals surface area contributed by atoms with Crippen LogP contribution in [-0.2, 0) is 0 Å². The van der Waals surface area contributed by atoms with Crippen LogP contribution in [0.4, 0.5) is 0 Å². The van der Waals surface area contributed by atoms with E-state index in [9.17, 15) is 0 Å². The molecule has 1 heteroatoms. The number of hydrogen-bond acceptors (Lipinski definition) is 1. The van der Waals surface area contributed by atoms with Crippen LogP contribution >= 0.6 is 0 Å². The van der Waals surface area contributed by atoms with Crippen molar-refractivity contribution in [3.8, 4) is 66.8 Å². The molecule has 0 fully saturated rings. The zero-order valence-corrected chi connectivity index (χ0v) is 29.9. The first kappa shape index (κ1) is 30.3. The molecular weight excluding hydrogens is 665 g/mol. The zero-order chi connectivity index (χ0) is 36.0. The molecule has 0 atom stereocenters. The van der Waals surface area contributed by atoms with Gasteiger partial charge in [-0.25, -0.2) is 0 Å². The van der Waals surface area contributed by atoms with Gasteiger partial charge in [0.15, 0.2) is 0 Å². The second kappa shape index (κ2) is 11.6. The lowest BCUT2D eigenvalue weighted by molar-refractivity contribution is 0.669. The highest BCUT2D eigenvalue weighted by Crippen LogP contribution is 2.50. The van der Waals surface area contributed by atoms with E-state index in [1.807, 2.05) is 12.1 Å². The van der Waals surface area contributed by atoms with E-state index >= 15 is 0 Å². The number of para-hydroxylation sites is 1. The molecule has 0 aliphatic heterocycles. The van der Waals surface area contributed by atoms with Crippen LogP contribution in [0.2, 0.25) is 0 Å². The molecule has 254 valence electrons. The molecule has 0 amide bonds. The smallest absolute Gasteiger partial charge is 0.135 e. The molecule has 1 aliphatic rings. The van der Waals surface area contributed by atoms with Crippen molar-refractivity contribution in [2.45, 2.75) is 0 Å². The lowest BCUT2D eigenvalue weighted by atomic mass is 9.85. The van der Waals surface area contributed by atoms with Crippen molar-refractivity contribution in [1.29, 1.82) is 0 Å². The Morgan fingerprint density at radius 1 is 0.236 bits per heavy atom. The maximum Gasteiger partial charge on any atom is 0.135 e. The molecule has 12 rings (SSSR count). The number of fused-ring (bicyclic) bond motifs is 8. The molecular formula is C54H32O. The van der Waals surface area contributed by atoms with E-state index in [0.717, 1.165) is 21.9 Å². The van der Waals surface area contributed by atoms with Gasteiger partial charge in [-0.1, -0.05) is 176 Å². The molecule has 55 heavy (non-hydrogen) atoms. The summed E-state index contributed by atoms with van der Waals surface area (Å²) in [5, 5.41) is 9.92. The highest BCUT2D eigenvalue weighted by Gasteiger charge is 2.23. The van der Waals surface area contributed by atoms with Crippen LogP contribution in [0.15, 0.2) is 199 Å². The van der Waals surface area contributed by atoms with Gasteiger partial charge >= 0.3 is 0 Å². The van der Waals surface area contributed by atoms with Crippen LogP contribution < -0.4 is 0 Å². The van der Waals surface area contributed by atoms with E-state index in [2.05, 4.69) is 182 Å². The van der Waals surface area contributed by atoms with Gasteiger partial charge in [-0.2, -0.15) is 0 Å². The van der Waals surface area contributed by atoms with E-state index in [4.69, 9.17) is 4.42 Å². The number of benzene rings is 10. The Balaban J connectivity index is 1.01. The van der Waals surface area contributed by atoms with E-state index < -0.39 is 0 Å². The first-order chi connectivity index (χ1) is 27.3. The fourth-order valence-electron chi connectivity index (χ4n) is 9.46. The van der Waals surface area contributed by atoms with Gasteiger partial charge in [-0.05, 0) is 117 Å². The maximum atomic E-state index is 6.21. The van der Waals surface area contributed by atoms with Crippen molar-refractivity contribution in [3.05, 3.63) is 194 Å². The van der Waals surface area contributed by atoms with Crippen molar-refractivity contribution >= 4 is 54.3 Å². The standard InChI is InChI=1S/C54H32O/c1-2-13-37(40-29-30-48-39-15-4-3-14-38(39)42-21-11-22-43(40)54(42)48)36(12-1)33-24-26-34(27-25-33)52-44-17-5-7-19-46(44)53(47-20-8-6-18-45(47)52)35-28-31-51-49(32-35)41-16-9-10-23-50(41)55-51/h1-32H. The predicted molar refractivity (Wildman–Crippen MR) is 232 cm³/mol. The Kier molecular flexibility index (Phi) is 6.40. The topological polar surface area (TPSA) is 13.1 Å². The normalized spacial score (nSPS) is 12.0. The van der Waals surface area contributed by atoms with Crippen LogP contribution in [-0.4, -0.2) is 0 Å². The van der Waals surface area contributed by atoms with Gasteiger partial charge in [0.1, 0.15) is 11.2 Å². The van der Waals surface area contributed by atoms with Gasteiger partial charge in [-0.15, -0.1) is 0 Å². The Morgan fingerprint density at radius 2 is 0.673 bits per heavy atom. The first-order valence-electron chi connectivity index (χ1n) is 19.0. The largest absolute Gasteiger partial charge is 0.456 e. The molecule has 0 bridgehead atoms. The fourth-order valence-corrected chi connectivity index (χ4v) is 9.46. The molecule has 0 N–H and O–H groups in total. The van der Waals surface area contributed by atoms with Crippen LogP contribution in [0.5, 0.6) is 0 Å². The van der Waals surface area contributed by atoms with Gasteiger partial charge in [0.25, 0.3) is 0 Å². The van der Waals surface area contributed by atoms with Crippen molar-refractivity contribution < 1.29 is 4.42 Å². The number of rotatable bonds is 4. The van der Waals surface area contributed by atoms with Crippen molar-refractivity contribution in [3.63, 3.8) is 0 Å². The van der Waals surface area contributed by atoms with Gasteiger partial charge in [0.05, 0.1) is 0 Å². The van der Waals surface area contributed by atoms with E-state index in [1.54, 1.807) is 0 Å². The van der Waals surface area contributed by atoms with Crippen molar-refractivity contribution in [1.82, 2.24) is 0 Å². The average molecular weight is 697 g/mol. The summed E-state index contributed by atoms with van der Waals surface area (Å²) in [6, 6.07) is 71.0. The molecule has 0 saturated carbocycles. The summed E-state index contributed by atoms with van der Waals surface area (Å²) in [4.78, 5) is 0. The van der Waals surface area contributed by atoms with Crippen LogP contribution in [0.3, 0.4) is 0 Å². The fraction of sp³-hybridized carbons (Fsp3) is 0. The van der Waals surface area contributed by atoms with Crippen LogP contribution in [0.1, 0.15) is 0 Å². The SMILES string of the molecule is c1ccc(-c2ccc3c4c(cccc24)-c2ccccc2-3)c(-c2ccc(-c3c4ccccc4c(-c4ccc5oc6ccccc6c5c4)c4ccccc34)cc2)c1. The molecule has 0 unspecified atom stereocenters. The number of furan rings is 1. The lowest BCUT2D eigenvalue weighted by Crippen LogP contribution is -1.91. The van der Waals surface area contributed by atoms with Crippen LogP contribution in [0, 0.1) is 0 Å². The quantitative estimate of drug-likeness (QED) is 0.167. The Morgan fingerprint density at radius 3 is 1.35 bits per heavy atom. The second-order valence-electron chi connectivity index (χ2n) is 14.7. The molecule has 1 heterocycles. The molecule has 11 aromatic rings. The van der Waals surface area contributed by atoms with Crippen molar-refractivity contribution in [2.24, 2.45) is 0 Å².